The zero-order chi connectivity index (χ0) is 10.5. The smallest absolute Gasteiger partial charge is 0.171 e. The number of anilines is 2. The van der Waals surface area contributed by atoms with Gasteiger partial charge in [0.2, 0.25) is 0 Å². The molecule has 1 saturated heterocycles. The average molecular weight is 207 g/mol. The lowest BCUT2D eigenvalue weighted by atomic mass is 10.3. The van der Waals surface area contributed by atoms with E-state index in [4.69, 9.17) is 0 Å². The maximum atomic E-state index is 4.39. The zero-order valence-corrected chi connectivity index (χ0v) is 9.03. The first-order valence-electron chi connectivity index (χ1n) is 5.42. The lowest BCUT2D eigenvalue weighted by Crippen LogP contribution is -2.44. The van der Waals surface area contributed by atoms with Gasteiger partial charge < -0.3 is 15.5 Å². The molecule has 1 aromatic heterocycles. The van der Waals surface area contributed by atoms with Gasteiger partial charge in [-0.15, -0.1) is 0 Å². The summed E-state index contributed by atoms with van der Waals surface area (Å²) in [6, 6.07) is 0. The van der Waals surface area contributed by atoms with Gasteiger partial charge >= 0.3 is 0 Å². The quantitative estimate of drug-likeness (QED) is 0.747. The largest absolute Gasteiger partial charge is 0.367 e. The highest BCUT2D eigenvalue weighted by Gasteiger charge is 2.15. The van der Waals surface area contributed by atoms with Crippen molar-refractivity contribution in [2.75, 3.05) is 42.9 Å². The van der Waals surface area contributed by atoms with Crippen LogP contribution in [0.15, 0.2) is 12.4 Å². The molecule has 5 heteroatoms. The van der Waals surface area contributed by atoms with Crippen LogP contribution in [-0.4, -0.2) is 42.7 Å². The molecule has 2 rings (SSSR count). The first-order chi connectivity index (χ1) is 7.42. The Morgan fingerprint density at radius 2 is 2.07 bits per heavy atom. The van der Waals surface area contributed by atoms with Gasteiger partial charge in [0.25, 0.3) is 0 Å². The van der Waals surface area contributed by atoms with Crippen LogP contribution in [0.25, 0.3) is 0 Å². The molecule has 1 fully saturated rings. The number of aromatic nitrogens is 2. The fraction of sp³-hybridized carbons (Fsp3) is 0.600. The van der Waals surface area contributed by atoms with Gasteiger partial charge in [-0.1, -0.05) is 0 Å². The minimum atomic E-state index is 0.873. The SMILES string of the molecule is CCNc1nccnc1N1CCNCC1. The summed E-state index contributed by atoms with van der Waals surface area (Å²) in [5.74, 6) is 1.86. The highest BCUT2D eigenvalue weighted by atomic mass is 15.3. The van der Waals surface area contributed by atoms with Crippen molar-refractivity contribution in [1.29, 1.82) is 0 Å². The fourth-order valence-corrected chi connectivity index (χ4v) is 1.73. The Bertz CT molecular complexity index is 308. The van der Waals surface area contributed by atoms with Crippen molar-refractivity contribution in [3.05, 3.63) is 12.4 Å². The lowest BCUT2D eigenvalue weighted by molar-refractivity contribution is 0.584. The molecule has 0 bridgehead atoms. The Hall–Kier alpha value is -1.36. The monoisotopic (exact) mass is 207 g/mol. The summed E-state index contributed by atoms with van der Waals surface area (Å²) in [6.07, 6.45) is 3.47. The molecule has 1 aromatic rings. The number of piperazine rings is 1. The van der Waals surface area contributed by atoms with Crippen LogP contribution in [0, 0.1) is 0 Å². The number of nitrogens with one attached hydrogen (secondary N) is 2. The molecule has 0 spiro atoms. The summed E-state index contributed by atoms with van der Waals surface area (Å²) in [7, 11) is 0. The normalized spacial score (nSPS) is 16.5. The van der Waals surface area contributed by atoms with Crippen LogP contribution in [-0.2, 0) is 0 Å². The van der Waals surface area contributed by atoms with E-state index in [2.05, 4.69) is 32.4 Å². The van der Waals surface area contributed by atoms with Gasteiger partial charge in [0.05, 0.1) is 0 Å². The maximum Gasteiger partial charge on any atom is 0.171 e. The third-order valence-electron chi connectivity index (χ3n) is 2.44. The molecule has 0 aromatic carbocycles. The lowest BCUT2D eigenvalue weighted by Gasteiger charge is -2.29. The van der Waals surface area contributed by atoms with E-state index in [1.807, 2.05) is 0 Å². The van der Waals surface area contributed by atoms with E-state index in [-0.39, 0.29) is 0 Å². The molecule has 0 radical (unpaired) electrons. The molecule has 2 N–H and O–H groups in total. The molecule has 0 unspecified atom stereocenters. The molecular formula is C10H17N5. The standard InChI is InChI=1S/C10H17N5/c1-2-12-9-10(14-4-3-13-9)15-7-5-11-6-8-15/h3-4,11H,2,5-8H2,1H3,(H,12,13). The van der Waals surface area contributed by atoms with Crippen LogP contribution in [0.5, 0.6) is 0 Å². The highest BCUT2D eigenvalue weighted by molar-refractivity contribution is 5.60. The first-order valence-corrected chi connectivity index (χ1v) is 5.42. The summed E-state index contributed by atoms with van der Waals surface area (Å²) in [5.41, 5.74) is 0. The van der Waals surface area contributed by atoms with Crippen LogP contribution in [0.4, 0.5) is 11.6 Å². The Morgan fingerprint density at radius 1 is 1.33 bits per heavy atom. The third kappa shape index (κ3) is 2.36. The van der Waals surface area contributed by atoms with Crippen LogP contribution >= 0.6 is 0 Å². The van der Waals surface area contributed by atoms with E-state index in [0.29, 0.717) is 0 Å². The van der Waals surface area contributed by atoms with Crippen molar-refractivity contribution >= 4 is 11.6 Å². The molecular weight excluding hydrogens is 190 g/mol. The molecule has 0 atom stereocenters. The third-order valence-corrected chi connectivity index (χ3v) is 2.44. The second-order valence-electron chi connectivity index (χ2n) is 3.50. The molecule has 5 nitrogen and oxygen atoms in total. The Balaban J connectivity index is 2.17. The minimum Gasteiger partial charge on any atom is -0.367 e. The van der Waals surface area contributed by atoms with Crippen molar-refractivity contribution < 1.29 is 0 Å². The van der Waals surface area contributed by atoms with Gasteiger partial charge in [-0.05, 0) is 6.92 Å². The van der Waals surface area contributed by atoms with Crippen molar-refractivity contribution in [3.8, 4) is 0 Å². The summed E-state index contributed by atoms with van der Waals surface area (Å²) >= 11 is 0. The Kier molecular flexibility index (Phi) is 3.34. The molecule has 15 heavy (non-hydrogen) atoms. The molecule has 82 valence electrons. The second-order valence-corrected chi connectivity index (χ2v) is 3.50. The summed E-state index contributed by atoms with van der Waals surface area (Å²) in [5, 5.41) is 6.56. The van der Waals surface area contributed by atoms with Gasteiger partial charge in [0, 0.05) is 45.1 Å². The molecule has 0 saturated carbocycles. The molecule has 1 aliphatic rings. The van der Waals surface area contributed by atoms with Crippen LogP contribution < -0.4 is 15.5 Å². The number of nitrogens with zero attached hydrogens (tertiary/aromatic N) is 3. The molecule has 0 amide bonds. The van der Waals surface area contributed by atoms with Crippen LogP contribution in [0.3, 0.4) is 0 Å². The van der Waals surface area contributed by atoms with E-state index in [1.54, 1.807) is 12.4 Å². The van der Waals surface area contributed by atoms with E-state index >= 15 is 0 Å². The summed E-state index contributed by atoms with van der Waals surface area (Å²) in [6.45, 7) is 6.96. The van der Waals surface area contributed by atoms with Crippen molar-refractivity contribution in [3.63, 3.8) is 0 Å². The molecule has 2 heterocycles. The Labute approximate surface area is 89.9 Å². The summed E-state index contributed by atoms with van der Waals surface area (Å²) < 4.78 is 0. The molecule has 0 aliphatic carbocycles. The van der Waals surface area contributed by atoms with Crippen LogP contribution in [0.1, 0.15) is 6.92 Å². The zero-order valence-electron chi connectivity index (χ0n) is 9.03. The van der Waals surface area contributed by atoms with E-state index in [9.17, 15) is 0 Å². The van der Waals surface area contributed by atoms with Crippen molar-refractivity contribution in [2.45, 2.75) is 6.92 Å². The topological polar surface area (TPSA) is 53.1 Å². The van der Waals surface area contributed by atoms with E-state index in [1.165, 1.54) is 0 Å². The Morgan fingerprint density at radius 3 is 2.80 bits per heavy atom. The maximum absolute atomic E-state index is 4.39. The van der Waals surface area contributed by atoms with Crippen molar-refractivity contribution in [2.24, 2.45) is 0 Å². The molecule has 1 aliphatic heterocycles. The summed E-state index contributed by atoms with van der Waals surface area (Å²) in [4.78, 5) is 11.0. The van der Waals surface area contributed by atoms with E-state index in [0.717, 1.165) is 44.4 Å². The average Bonchev–Trinajstić information content (AvgIpc) is 2.31. The van der Waals surface area contributed by atoms with Crippen molar-refractivity contribution in [1.82, 2.24) is 15.3 Å². The predicted octanol–water partition coefficient (Wildman–Crippen LogP) is 0.318. The first kappa shape index (κ1) is 10.2. The van der Waals surface area contributed by atoms with Gasteiger partial charge in [0.1, 0.15) is 0 Å². The van der Waals surface area contributed by atoms with Gasteiger partial charge in [-0.25, -0.2) is 9.97 Å². The predicted molar refractivity (Wildman–Crippen MR) is 61.3 cm³/mol. The van der Waals surface area contributed by atoms with Gasteiger partial charge in [-0.3, -0.25) is 0 Å². The second kappa shape index (κ2) is 4.93. The highest BCUT2D eigenvalue weighted by Crippen LogP contribution is 2.19. The fourth-order valence-electron chi connectivity index (χ4n) is 1.73. The van der Waals surface area contributed by atoms with Crippen LogP contribution in [0.2, 0.25) is 0 Å². The van der Waals surface area contributed by atoms with E-state index < -0.39 is 0 Å². The van der Waals surface area contributed by atoms with Gasteiger partial charge in [0.15, 0.2) is 11.6 Å². The number of hydrogen-bond donors (Lipinski definition) is 2. The number of rotatable bonds is 3. The number of hydrogen-bond acceptors (Lipinski definition) is 5. The minimum absolute atomic E-state index is 0.873. The van der Waals surface area contributed by atoms with Gasteiger partial charge in [-0.2, -0.15) is 0 Å².